The molecule has 1 aromatic carbocycles. The molecule has 0 bridgehead atoms. The van der Waals surface area contributed by atoms with Gasteiger partial charge < -0.3 is 9.15 Å². The predicted molar refractivity (Wildman–Crippen MR) is 78.5 cm³/mol. The van der Waals surface area contributed by atoms with Crippen molar-refractivity contribution < 1.29 is 22.4 Å². The van der Waals surface area contributed by atoms with E-state index in [1.165, 1.54) is 24.8 Å². The topological polar surface area (TPSA) is 98.5 Å². The van der Waals surface area contributed by atoms with E-state index in [-0.39, 0.29) is 4.90 Å². The second-order valence-corrected chi connectivity index (χ2v) is 7.19. The molecule has 0 aliphatic heterocycles. The molecule has 0 radical (unpaired) electrons. The Hall–Kier alpha value is -2.35. The monoisotopic (exact) mass is 324 g/mol. The first-order chi connectivity index (χ1) is 10.2. The van der Waals surface area contributed by atoms with Crippen LogP contribution < -0.4 is 4.72 Å². The lowest BCUT2D eigenvalue weighted by atomic mass is 10.2. The van der Waals surface area contributed by atoms with Gasteiger partial charge in [-0.25, -0.2) is 22.9 Å². The molecule has 0 saturated carbocycles. The smallest absolute Gasteiger partial charge is 0.421 e. The van der Waals surface area contributed by atoms with E-state index in [0.717, 1.165) is 0 Å². The second-order valence-electron chi connectivity index (χ2n) is 5.51. The van der Waals surface area contributed by atoms with Crippen molar-refractivity contribution in [2.24, 2.45) is 0 Å². The van der Waals surface area contributed by atoms with Crippen LogP contribution in [0.15, 0.2) is 46.2 Å². The van der Waals surface area contributed by atoms with Gasteiger partial charge in [-0.05, 0) is 32.9 Å². The molecule has 1 aromatic heterocycles. The van der Waals surface area contributed by atoms with Crippen molar-refractivity contribution in [1.82, 2.24) is 9.71 Å². The number of amides is 1. The summed E-state index contributed by atoms with van der Waals surface area (Å²) in [6.07, 6.45) is 1.71. The Morgan fingerprint density at radius 1 is 1.23 bits per heavy atom. The van der Waals surface area contributed by atoms with Gasteiger partial charge in [0.2, 0.25) is 0 Å². The first-order valence-electron chi connectivity index (χ1n) is 6.42. The zero-order valence-corrected chi connectivity index (χ0v) is 13.2. The van der Waals surface area contributed by atoms with Gasteiger partial charge in [0.05, 0.1) is 4.90 Å². The number of rotatable bonds is 3. The van der Waals surface area contributed by atoms with Gasteiger partial charge in [0.15, 0.2) is 6.39 Å². The number of nitrogens with one attached hydrogen (secondary N) is 1. The van der Waals surface area contributed by atoms with Crippen LogP contribution in [0.2, 0.25) is 0 Å². The van der Waals surface area contributed by atoms with Crippen LogP contribution in [0.5, 0.6) is 0 Å². The van der Waals surface area contributed by atoms with Crippen molar-refractivity contribution in [3.63, 3.8) is 0 Å². The zero-order valence-electron chi connectivity index (χ0n) is 12.4. The third-order valence-electron chi connectivity index (χ3n) is 2.51. The number of benzene rings is 1. The maximum Gasteiger partial charge on any atom is 0.421 e. The number of sulfonamides is 1. The standard InChI is InChI=1S/C14H16N2O5S/c1-14(2,3)21-13(17)16-22(18,19)11-6-4-10(5-7-11)12-8-20-9-15-12/h4-9H,1-3H3,(H,16,17). The summed E-state index contributed by atoms with van der Waals surface area (Å²) in [5.41, 5.74) is 0.505. The van der Waals surface area contributed by atoms with Crippen molar-refractivity contribution in [3.05, 3.63) is 36.9 Å². The summed E-state index contributed by atoms with van der Waals surface area (Å²) in [4.78, 5) is 15.5. The van der Waals surface area contributed by atoms with Crippen LogP contribution in [0.1, 0.15) is 20.8 Å². The van der Waals surface area contributed by atoms with Crippen molar-refractivity contribution in [3.8, 4) is 11.3 Å². The number of carbonyl (C=O) groups excluding carboxylic acids is 1. The lowest BCUT2D eigenvalue weighted by Gasteiger charge is -2.19. The molecule has 1 amide bonds. The van der Waals surface area contributed by atoms with Crippen molar-refractivity contribution in [2.45, 2.75) is 31.3 Å². The molecule has 2 aromatic rings. The van der Waals surface area contributed by atoms with E-state index in [9.17, 15) is 13.2 Å². The highest BCUT2D eigenvalue weighted by Crippen LogP contribution is 2.19. The van der Waals surface area contributed by atoms with Crippen molar-refractivity contribution in [1.29, 1.82) is 0 Å². The van der Waals surface area contributed by atoms with E-state index in [1.54, 1.807) is 32.9 Å². The summed E-state index contributed by atoms with van der Waals surface area (Å²) in [5.74, 6) is 0. The predicted octanol–water partition coefficient (Wildman–Crippen LogP) is 2.56. The average Bonchev–Trinajstić information content (AvgIpc) is 2.89. The van der Waals surface area contributed by atoms with Gasteiger partial charge in [-0.15, -0.1) is 0 Å². The molecule has 1 N–H and O–H groups in total. The van der Waals surface area contributed by atoms with Gasteiger partial charge in [0.25, 0.3) is 10.0 Å². The summed E-state index contributed by atoms with van der Waals surface area (Å²) in [5, 5.41) is 0. The average molecular weight is 324 g/mol. The number of nitrogens with zero attached hydrogens (tertiary/aromatic N) is 1. The number of carbonyl (C=O) groups is 1. The van der Waals surface area contributed by atoms with Gasteiger partial charge in [-0.1, -0.05) is 12.1 Å². The fraction of sp³-hybridized carbons (Fsp3) is 0.286. The summed E-state index contributed by atoms with van der Waals surface area (Å²) in [7, 11) is -3.99. The van der Waals surface area contributed by atoms with Crippen LogP contribution in [0.25, 0.3) is 11.3 Å². The molecule has 7 nitrogen and oxygen atoms in total. The third-order valence-corrected chi connectivity index (χ3v) is 3.84. The molecular formula is C14H16N2O5S. The quantitative estimate of drug-likeness (QED) is 0.931. The van der Waals surface area contributed by atoms with E-state index >= 15 is 0 Å². The number of aromatic nitrogens is 1. The molecular weight excluding hydrogens is 308 g/mol. The van der Waals surface area contributed by atoms with Gasteiger partial charge in [-0.2, -0.15) is 0 Å². The molecule has 0 fully saturated rings. The Kier molecular flexibility index (Phi) is 4.23. The minimum absolute atomic E-state index is 0.0504. The number of ether oxygens (including phenoxy) is 1. The lowest BCUT2D eigenvalue weighted by Crippen LogP contribution is -2.36. The number of hydrogen-bond acceptors (Lipinski definition) is 6. The number of oxazole rings is 1. The van der Waals surface area contributed by atoms with Crippen LogP contribution in [-0.2, 0) is 14.8 Å². The molecule has 118 valence electrons. The molecule has 0 aliphatic rings. The molecule has 2 rings (SSSR count). The van der Waals surface area contributed by atoms with Gasteiger partial charge in [0, 0.05) is 5.56 Å². The summed E-state index contributed by atoms with van der Waals surface area (Å²) < 4.78 is 35.8. The molecule has 8 heteroatoms. The maximum absolute atomic E-state index is 12.1. The normalized spacial score (nSPS) is 12.0. The van der Waals surface area contributed by atoms with E-state index in [2.05, 4.69) is 4.98 Å². The van der Waals surface area contributed by atoms with Crippen molar-refractivity contribution in [2.75, 3.05) is 0 Å². The second kappa shape index (κ2) is 5.80. The van der Waals surface area contributed by atoms with Crippen LogP contribution >= 0.6 is 0 Å². The molecule has 0 unspecified atom stereocenters. The fourth-order valence-electron chi connectivity index (χ4n) is 1.63. The van der Waals surface area contributed by atoms with E-state index in [0.29, 0.717) is 11.3 Å². The van der Waals surface area contributed by atoms with E-state index in [1.807, 2.05) is 4.72 Å². The van der Waals surface area contributed by atoms with Gasteiger partial charge >= 0.3 is 6.09 Å². The largest absolute Gasteiger partial charge is 0.451 e. The molecule has 0 aliphatic carbocycles. The first-order valence-corrected chi connectivity index (χ1v) is 7.90. The minimum atomic E-state index is -3.99. The third kappa shape index (κ3) is 4.08. The van der Waals surface area contributed by atoms with E-state index in [4.69, 9.17) is 9.15 Å². The lowest BCUT2D eigenvalue weighted by molar-refractivity contribution is 0.0570. The van der Waals surface area contributed by atoms with Crippen LogP contribution in [0.4, 0.5) is 4.79 Å². The SMILES string of the molecule is CC(C)(C)OC(=O)NS(=O)(=O)c1ccc(-c2cocn2)cc1. The number of hydrogen-bond donors (Lipinski definition) is 1. The molecule has 0 atom stereocenters. The highest BCUT2D eigenvalue weighted by atomic mass is 32.2. The molecule has 1 heterocycles. The Labute approximate surface area is 128 Å². The summed E-state index contributed by atoms with van der Waals surface area (Å²) >= 11 is 0. The van der Waals surface area contributed by atoms with Gasteiger partial charge in [-0.3, -0.25) is 0 Å². The Morgan fingerprint density at radius 2 is 1.86 bits per heavy atom. The highest BCUT2D eigenvalue weighted by Gasteiger charge is 2.22. The highest BCUT2D eigenvalue weighted by molar-refractivity contribution is 7.90. The first kappa shape index (κ1) is 16.0. The van der Waals surface area contributed by atoms with Crippen LogP contribution in [0.3, 0.4) is 0 Å². The zero-order chi connectivity index (χ0) is 16.4. The van der Waals surface area contributed by atoms with Crippen LogP contribution in [-0.4, -0.2) is 25.1 Å². The van der Waals surface area contributed by atoms with Gasteiger partial charge in [0.1, 0.15) is 17.6 Å². The molecule has 0 saturated heterocycles. The van der Waals surface area contributed by atoms with E-state index < -0.39 is 21.7 Å². The summed E-state index contributed by atoms with van der Waals surface area (Å²) in [6, 6.07) is 5.89. The maximum atomic E-state index is 12.1. The van der Waals surface area contributed by atoms with Crippen molar-refractivity contribution >= 4 is 16.1 Å². The Bertz CT molecular complexity index is 744. The molecule has 0 spiro atoms. The molecule has 22 heavy (non-hydrogen) atoms. The Balaban J connectivity index is 2.15. The minimum Gasteiger partial charge on any atom is -0.451 e. The summed E-state index contributed by atoms with van der Waals surface area (Å²) in [6.45, 7) is 4.93. The fourth-order valence-corrected chi connectivity index (χ4v) is 2.50. The van der Waals surface area contributed by atoms with Crippen LogP contribution in [0, 0.1) is 0 Å². The Morgan fingerprint density at radius 3 is 2.36 bits per heavy atom.